The first kappa shape index (κ1) is 18.0. The maximum Gasteiger partial charge on any atom is 0.237 e. The zero-order valence-electron chi connectivity index (χ0n) is 15.1. The van der Waals surface area contributed by atoms with E-state index in [9.17, 15) is 4.79 Å². The summed E-state index contributed by atoms with van der Waals surface area (Å²) in [6.07, 6.45) is 3.19. The maximum absolute atomic E-state index is 12.3. The number of amides is 1. The van der Waals surface area contributed by atoms with Crippen LogP contribution < -0.4 is 15.0 Å². The molecule has 0 radical (unpaired) electrons. The molecule has 0 aromatic heterocycles. The van der Waals surface area contributed by atoms with Crippen LogP contribution in [0, 0.1) is 0 Å². The van der Waals surface area contributed by atoms with E-state index in [0.717, 1.165) is 63.4 Å². The molecule has 1 aromatic rings. The molecule has 1 atom stereocenters. The van der Waals surface area contributed by atoms with Gasteiger partial charge in [0, 0.05) is 39.8 Å². The van der Waals surface area contributed by atoms with Crippen LogP contribution in [-0.4, -0.2) is 69.9 Å². The van der Waals surface area contributed by atoms with Gasteiger partial charge in [-0.3, -0.25) is 9.69 Å². The summed E-state index contributed by atoms with van der Waals surface area (Å²) in [5, 5.41) is 3.05. The van der Waals surface area contributed by atoms with Crippen molar-refractivity contribution in [3.05, 3.63) is 24.3 Å². The van der Waals surface area contributed by atoms with Crippen LogP contribution in [0.1, 0.15) is 19.3 Å². The van der Waals surface area contributed by atoms with Crippen molar-refractivity contribution in [1.29, 1.82) is 0 Å². The van der Waals surface area contributed by atoms with E-state index >= 15 is 0 Å². The zero-order valence-corrected chi connectivity index (χ0v) is 15.1. The Bertz CT molecular complexity index is 559. The predicted octanol–water partition coefficient (Wildman–Crippen LogP) is 1.50. The normalized spacial score (nSPS) is 22.4. The third kappa shape index (κ3) is 4.64. The van der Waals surface area contributed by atoms with E-state index in [1.807, 2.05) is 18.2 Å². The molecule has 2 aliphatic heterocycles. The van der Waals surface area contributed by atoms with Crippen LogP contribution in [0.2, 0.25) is 0 Å². The molecule has 1 amide bonds. The lowest BCUT2D eigenvalue weighted by atomic mass is 10.1. The van der Waals surface area contributed by atoms with Gasteiger partial charge in [-0.25, -0.2) is 0 Å². The molecular weight excluding hydrogens is 318 g/mol. The molecule has 138 valence electrons. The van der Waals surface area contributed by atoms with E-state index in [-0.39, 0.29) is 11.9 Å². The Morgan fingerprint density at radius 3 is 2.72 bits per heavy atom. The number of methoxy groups -OCH3 is 1. The predicted molar refractivity (Wildman–Crippen MR) is 98.2 cm³/mol. The van der Waals surface area contributed by atoms with Crippen molar-refractivity contribution < 1.29 is 14.3 Å². The lowest BCUT2D eigenvalue weighted by Crippen LogP contribution is -2.54. The van der Waals surface area contributed by atoms with Gasteiger partial charge in [-0.15, -0.1) is 0 Å². The number of hydrogen-bond acceptors (Lipinski definition) is 5. The van der Waals surface area contributed by atoms with Crippen LogP contribution in [0.3, 0.4) is 0 Å². The van der Waals surface area contributed by atoms with E-state index in [1.54, 1.807) is 7.11 Å². The largest absolute Gasteiger partial charge is 0.489 e. The summed E-state index contributed by atoms with van der Waals surface area (Å²) >= 11 is 0. The number of piperazine rings is 1. The monoisotopic (exact) mass is 347 g/mol. The quantitative estimate of drug-likeness (QED) is 0.791. The van der Waals surface area contributed by atoms with E-state index in [0.29, 0.717) is 13.2 Å². The van der Waals surface area contributed by atoms with Crippen molar-refractivity contribution in [3.8, 4) is 5.75 Å². The van der Waals surface area contributed by atoms with Crippen molar-refractivity contribution in [2.24, 2.45) is 0 Å². The lowest BCUT2D eigenvalue weighted by Gasteiger charge is -2.39. The molecule has 1 aromatic carbocycles. The summed E-state index contributed by atoms with van der Waals surface area (Å²) in [6.45, 7) is 5.59. The van der Waals surface area contributed by atoms with Crippen LogP contribution in [0.4, 0.5) is 5.69 Å². The van der Waals surface area contributed by atoms with Gasteiger partial charge >= 0.3 is 0 Å². The molecule has 3 rings (SSSR count). The molecule has 1 unspecified atom stereocenters. The molecule has 0 aliphatic carbocycles. The first-order chi connectivity index (χ1) is 12.3. The van der Waals surface area contributed by atoms with E-state index in [1.165, 1.54) is 0 Å². The topological polar surface area (TPSA) is 54.0 Å². The van der Waals surface area contributed by atoms with Crippen molar-refractivity contribution >= 4 is 11.6 Å². The summed E-state index contributed by atoms with van der Waals surface area (Å²) in [5.41, 5.74) is 1.13. The second-order valence-electron chi connectivity index (χ2n) is 6.63. The fourth-order valence-corrected chi connectivity index (χ4v) is 3.62. The van der Waals surface area contributed by atoms with E-state index < -0.39 is 0 Å². The molecule has 25 heavy (non-hydrogen) atoms. The third-order valence-corrected chi connectivity index (χ3v) is 5.01. The summed E-state index contributed by atoms with van der Waals surface area (Å²) in [4.78, 5) is 17.0. The number of ether oxygens (including phenoxy) is 2. The van der Waals surface area contributed by atoms with Gasteiger partial charge in [0.2, 0.25) is 5.91 Å². The number of benzene rings is 1. The molecule has 0 bridgehead atoms. The molecule has 6 heteroatoms. The molecule has 0 spiro atoms. The van der Waals surface area contributed by atoms with Gasteiger partial charge in [0.25, 0.3) is 0 Å². The number of anilines is 1. The van der Waals surface area contributed by atoms with Gasteiger partial charge in [-0.05, 0) is 31.4 Å². The molecule has 2 saturated heterocycles. The molecule has 0 saturated carbocycles. The number of nitrogens with zero attached hydrogens (tertiary/aromatic N) is 2. The zero-order chi connectivity index (χ0) is 17.5. The average Bonchev–Trinajstić information content (AvgIpc) is 2.87. The Morgan fingerprint density at radius 2 is 1.92 bits per heavy atom. The Balaban J connectivity index is 1.59. The fraction of sp³-hybridized carbons (Fsp3) is 0.632. The number of para-hydroxylation sites is 2. The molecule has 2 aliphatic rings. The van der Waals surface area contributed by atoms with Gasteiger partial charge in [-0.2, -0.15) is 0 Å². The first-order valence-corrected chi connectivity index (χ1v) is 9.27. The first-order valence-electron chi connectivity index (χ1n) is 9.27. The Labute approximate surface area is 150 Å². The summed E-state index contributed by atoms with van der Waals surface area (Å²) < 4.78 is 10.9. The van der Waals surface area contributed by atoms with Crippen molar-refractivity contribution in [2.75, 3.05) is 57.9 Å². The maximum atomic E-state index is 12.3. The Morgan fingerprint density at radius 1 is 1.12 bits per heavy atom. The number of carbonyl (C=O) groups is 1. The molecular formula is C19H29N3O3. The minimum Gasteiger partial charge on any atom is -0.489 e. The number of carbonyl (C=O) groups excluding carboxylic acids is 1. The second kappa shape index (κ2) is 9.06. The standard InChI is InChI=1S/C19H29N3O3/c1-24-14-15-25-18-8-3-2-6-16(18)21-10-12-22(13-11-21)17-7-4-5-9-20-19(17)23/h2-3,6,8,17H,4-5,7,9-15H2,1H3,(H,20,23). The Hall–Kier alpha value is -1.79. The molecule has 2 heterocycles. The summed E-state index contributed by atoms with van der Waals surface area (Å²) in [5.74, 6) is 1.11. The molecule has 2 fully saturated rings. The van der Waals surface area contributed by atoms with Gasteiger partial charge in [0.1, 0.15) is 12.4 Å². The van der Waals surface area contributed by atoms with Crippen LogP contribution in [0.25, 0.3) is 0 Å². The summed E-state index contributed by atoms with van der Waals surface area (Å²) in [7, 11) is 1.68. The molecule has 1 N–H and O–H groups in total. The molecule has 6 nitrogen and oxygen atoms in total. The highest BCUT2D eigenvalue weighted by atomic mass is 16.5. The van der Waals surface area contributed by atoms with E-state index in [2.05, 4.69) is 21.2 Å². The van der Waals surface area contributed by atoms with Crippen molar-refractivity contribution in [3.63, 3.8) is 0 Å². The smallest absolute Gasteiger partial charge is 0.237 e. The fourth-order valence-electron chi connectivity index (χ4n) is 3.62. The number of hydrogen-bond donors (Lipinski definition) is 1. The highest BCUT2D eigenvalue weighted by molar-refractivity contribution is 5.82. The average molecular weight is 347 g/mol. The van der Waals surface area contributed by atoms with Gasteiger partial charge in [0.15, 0.2) is 0 Å². The number of rotatable bonds is 6. The number of nitrogens with one attached hydrogen (secondary N) is 1. The highest BCUT2D eigenvalue weighted by Gasteiger charge is 2.30. The van der Waals surface area contributed by atoms with Gasteiger partial charge in [0.05, 0.1) is 18.3 Å². The van der Waals surface area contributed by atoms with E-state index in [4.69, 9.17) is 9.47 Å². The lowest BCUT2D eigenvalue weighted by molar-refractivity contribution is -0.126. The Kier molecular flexibility index (Phi) is 6.53. The minimum atomic E-state index is 0.0397. The van der Waals surface area contributed by atoms with Crippen molar-refractivity contribution in [1.82, 2.24) is 10.2 Å². The minimum absolute atomic E-state index is 0.0397. The van der Waals surface area contributed by atoms with Gasteiger partial charge < -0.3 is 19.7 Å². The van der Waals surface area contributed by atoms with Crippen LogP contribution in [0.5, 0.6) is 5.75 Å². The highest BCUT2D eigenvalue weighted by Crippen LogP contribution is 2.29. The van der Waals surface area contributed by atoms with Gasteiger partial charge in [-0.1, -0.05) is 12.1 Å². The van der Waals surface area contributed by atoms with Crippen LogP contribution in [-0.2, 0) is 9.53 Å². The third-order valence-electron chi connectivity index (χ3n) is 5.01. The van der Waals surface area contributed by atoms with Crippen LogP contribution in [0.15, 0.2) is 24.3 Å². The SMILES string of the molecule is COCCOc1ccccc1N1CCN(C2CCCCNC2=O)CC1. The second-order valence-corrected chi connectivity index (χ2v) is 6.63. The van der Waals surface area contributed by atoms with Crippen LogP contribution >= 0.6 is 0 Å². The summed E-state index contributed by atoms with van der Waals surface area (Å²) in [6, 6.07) is 8.20. The van der Waals surface area contributed by atoms with Crippen molar-refractivity contribution in [2.45, 2.75) is 25.3 Å².